The molecule has 0 saturated heterocycles. The van der Waals surface area contributed by atoms with Crippen LogP contribution in [0.25, 0.3) is 0 Å². The van der Waals surface area contributed by atoms with E-state index in [1.54, 1.807) is 0 Å². The van der Waals surface area contributed by atoms with Gasteiger partial charge in [0.2, 0.25) is 5.82 Å². The second kappa shape index (κ2) is 11.4. The first-order valence-corrected chi connectivity index (χ1v) is 12.2. The van der Waals surface area contributed by atoms with Crippen molar-refractivity contribution in [2.45, 2.75) is 52.0 Å². The van der Waals surface area contributed by atoms with E-state index in [4.69, 9.17) is 0 Å². The van der Waals surface area contributed by atoms with Gasteiger partial charge in [0.25, 0.3) is 0 Å². The molecule has 0 amide bonds. The second-order valence-corrected chi connectivity index (χ2v) is 9.09. The Bertz CT molecular complexity index is 879. The van der Waals surface area contributed by atoms with E-state index in [0.717, 1.165) is 39.1 Å². The third kappa shape index (κ3) is 6.06. The van der Waals surface area contributed by atoms with Crippen molar-refractivity contribution >= 4 is 11.6 Å². The van der Waals surface area contributed by atoms with E-state index in [2.05, 4.69) is 68.4 Å². The van der Waals surface area contributed by atoms with Gasteiger partial charge >= 0.3 is 0 Å². The summed E-state index contributed by atoms with van der Waals surface area (Å²) in [6, 6.07) is 10.6. The van der Waals surface area contributed by atoms with E-state index in [-0.39, 0.29) is 5.82 Å². The topological polar surface area (TPSA) is 44.3 Å². The molecule has 1 aliphatic heterocycles. The minimum absolute atomic E-state index is 0.310. The molecule has 1 aromatic heterocycles. The molecule has 2 aromatic rings. The fourth-order valence-electron chi connectivity index (χ4n) is 4.85. The Labute approximate surface area is 191 Å². The maximum absolute atomic E-state index is 15.3. The van der Waals surface area contributed by atoms with E-state index in [9.17, 15) is 0 Å². The van der Waals surface area contributed by atoms with Crippen molar-refractivity contribution in [1.29, 1.82) is 0 Å². The first-order chi connectivity index (χ1) is 15.7. The number of nitrogens with zero attached hydrogens (tertiary/aromatic N) is 4. The molecule has 0 spiro atoms. The number of halogens is 1. The van der Waals surface area contributed by atoms with Gasteiger partial charge in [0, 0.05) is 39.3 Å². The number of hydrogen-bond acceptors (Lipinski definition) is 5. The number of aromatic nitrogens is 2. The predicted molar refractivity (Wildman–Crippen MR) is 129 cm³/mol. The molecule has 1 aromatic carbocycles. The highest BCUT2D eigenvalue weighted by Crippen LogP contribution is 2.28. The highest BCUT2D eigenvalue weighted by molar-refractivity contribution is 5.51. The summed E-state index contributed by atoms with van der Waals surface area (Å²) in [5.41, 5.74) is 2.65. The Kier molecular flexibility index (Phi) is 8.10. The Morgan fingerprint density at radius 3 is 2.66 bits per heavy atom. The van der Waals surface area contributed by atoms with E-state index < -0.39 is 0 Å². The van der Waals surface area contributed by atoms with Crippen LogP contribution < -0.4 is 10.2 Å². The van der Waals surface area contributed by atoms with Crippen LogP contribution in [-0.2, 0) is 6.54 Å². The zero-order valence-corrected chi connectivity index (χ0v) is 19.3. The number of anilines is 2. The minimum Gasteiger partial charge on any atom is -0.364 e. The fourth-order valence-corrected chi connectivity index (χ4v) is 4.85. The van der Waals surface area contributed by atoms with Gasteiger partial charge in [-0.1, -0.05) is 61.2 Å². The molecule has 1 N–H and O–H groups in total. The Morgan fingerprint density at radius 1 is 1.12 bits per heavy atom. The van der Waals surface area contributed by atoms with Crippen molar-refractivity contribution in [2.24, 2.45) is 5.92 Å². The van der Waals surface area contributed by atoms with Gasteiger partial charge in [-0.05, 0) is 37.7 Å². The lowest BCUT2D eigenvalue weighted by atomic mass is 9.89. The summed E-state index contributed by atoms with van der Waals surface area (Å²) in [5, 5.41) is 3.23. The number of benzene rings is 1. The van der Waals surface area contributed by atoms with Crippen LogP contribution in [0.1, 0.15) is 51.0 Å². The van der Waals surface area contributed by atoms with Gasteiger partial charge in [-0.2, -0.15) is 4.39 Å². The highest BCUT2D eigenvalue weighted by Gasteiger charge is 2.22. The summed E-state index contributed by atoms with van der Waals surface area (Å²) in [4.78, 5) is 13.0. The Morgan fingerprint density at radius 2 is 1.94 bits per heavy atom. The summed E-state index contributed by atoms with van der Waals surface area (Å²) < 4.78 is 15.3. The van der Waals surface area contributed by atoms with Crippen LogP contribution in [0.15, 0.2) is 48.3 Å². The molecule has 5 nitrogen and oxygen atoms in total. The van der Waals surface area contributed by atoms with Gasteiger partial charge in [-0.15, -0.1) is 0 Å². The van der Waals surface area contributed by atoms with Crippen LogP contribution in [0.3, 0.4) is 0 Å². The predicted octanol–water partition coefficient (Wildman–Crippen LogP) is 5.27. The van der Waals surface area contributed by atoms with Gasteiger partial charge < -0.3 is 10.2 Å². The average Bonchev–Trinajstić information content (AvgIpc) is 2.84. The average molecular weight is 438 g/mol. The molecule has 0 bridgehead atoms. The number of hydrogen-bond donors (Lipinski definition) is 1. The smallest absolute Gasteiger partial charge is 0.207 e. The fraction of sp³-hybridized carbons (Fsp3) is 0.538. The SMILES string of the molecule is CCN(CC1CCCCC1)c1ncnc(NCC2=CCN(Cc3ccccc3)CC2)c1F. The standard InChI is InChI=1S/C26H36FN5/c1-2-32(19-23-11-7-4-8-12-23)26-24(27)25(29-20-30-26)28-17-21-13-15-31(16-14-21)18-22-9-5-3-6-10-22/h3,5-6,9-10,13,20,23H,2,4,7-8,11-12,14-19H2,1H3,(H,28,29,30). The Hall–Kier alpha value is -2.47. The van der Waals surface area contributed by atoms with Gasteiger partial charge in [0.05, 0.1) is 0 Å². The molecule has 4 rings (SSSR count). The van der Waals surface area contributed by atoms with Crippen molar-refractivity contribution in [3.05, 3.63) is 59.7 Å². The maximum Gasteiger partial charge on any atom is 0.207 e. The molecule has 1 aliphatic carbocycles. The molecule has 2 heterocycles. The van der Waals surface area contributed by atoms with Crippen molar-refractivity contribution in [3.8, 4) is 0 Å². The lowest BCUT2D eigenvalue weighted by Crippen LogP contribution is -2.32. The third-order valence-corrected chi connectivity index (χ3v) is 6.77. The summed E-state index contributed by atoms with van der Waals surface area (Å²) in [6.45, 7) is 7.25. The van der Waals surface area contributed by atoms with Crippen LogP contribution in [-0.4, -0.2) is 47.6 Å². The van der Waals surface area contributed by atoms with Crippen molar-refractivity contribution in [1.82, 2.24) is 14.9 Å². The largest absolute Gasteiger partial charge is 0.364 e. The van der Waals surface area contributed by atoms with Gasteiger partial charge in [0.1, 0.15) is 6.33 Å². The molecule has 2 aliphatic rings. The van der Waals surface area contributed by atoms with E-state index >= 15 is 4.39 Å². The molecule has 32 heavy (non-hydrogen) atoms. The first-order valence-electron chi connectivity index (χ1n) is 12.2. The quantitative estimate of drug-likeness (QED) is 0.542. The van der Waals surface area contributed by atoms with Crippen molar-refractivity contribution < 1.29 is 4.39 Å². The molecule has 1 saturated carbocycles. The van der Waals surface area contributed by atoms with Gasteiger partial charge in [0.15, 0.2) is 11.6 Å². The summed E-state index contributed by atoms with van der Waals surface area (Å²) in [6.07, 6.45) is 11.1. The molecular formula is C26H36FN5. The van der Waals surface area contributed by atoms with Crippen LogP contribution in [0.5, 0.6) is 0 Å². The van der Waals surface area contributed by atoms with Crippen LogP contribution >= 0.6 is 0 Å². The zero-order valence-electron chi connectivity index (χ0n) is 19.3. The van der Waals surface area contributed by atoms with Crippen LogP contribution in [0.2, 0.25) is 0 Å². The monoisotopic (exact) mass is 437 g/mol. The minimum atomic E-state index is -0.327. The first kappa shape index (κ1) is 22.7. The van der Waals surface area contributed by atoms with E-state index in [0.29, 0.717) is 24.1 Å². The number of nitrogens with one attached hydrogen (secondary N) is 1. The Balaban J connectivity index is 1.32. The third-order valence-electron chi connectivity index (χ3n) is 6.77. The molecule has 0 radical (unpaired) electrons. The number of rotatable bonds is 9. The van der Waals surface area contributed by atoms with E-state index in [1.165, 1.54) is 49.6 Å². The van der Waals surface area contributed by atoms with Crippen LogP contribution in [0, 0.1) is 11.7 Å². The summed E-state index contributed by atoms with van der Waals surface area (Å²) in [5.74, 6) is 1.06. The van der Waals surface area contributed by atoms with Crippen molar-refractivity contribution in [2.75, 3.05) is 42.9 Å². The molecule has 172 valence electrons. The summed E-state index contributed by atoms with van der Waals surface area (Å²) >= 11 is 0. The van der Waals surface area contributed by atoms with Gasteiger partial charge in [-0.25, -0.2) is 9.97 Å². The molecule has 0 unspecified atom stereocenters. The van der Waals surface area contributed by atoms with Crippen LogP contribution in [0.4, 0.5) is 16.0 Å². The highest BCUT2D eigenvalue weighted by atomic mass is 19.1. The second-order valence-electron chi connectivity index (χ2n) is 9.09. The molecular weight excluding hydrogens is 401 g/mol. The summed E-state index contributed by atoms with van der Waals surface area (Å²) in [7, 11) is 0. The lowest BCUT2D eigenvalue weighted by molar-refractivity contribution is 0.285. The maximum atomic E-state index is 15.3. The zero-order chi connectivity index (χ0) is 22.2. The van der Waals surface area contributed by atoms with E-state index in [1.807, 2.05) is 0 Å². The van der Waals surface area contributed by atoms with Gasteiger partial charge in [-0.3, -0.25) is 4.90 Å². The molecule has 6 heteroatoms. The molecule has 1 fully saturated rings. The molecule has 0 atom stereocenters. The normalized spacial score (nSPS) is 17.8. The lowest BCUT2D eigenvalue weighted by Gasteiger charge is -2.30. The van der Waals surface area contributed by atoms with Crippen molar-refractivity contribution in [3.63, 3.8) is 0 Å².